The van der Waals surface area contributed by atoms with Crippen LogP contribution >= 0.6 is 0 Å². The van der Waals surface area contributed by atoms with Crippen molar-refractivity contribution in [3.63, 3.8) is 0 Å². The molecule has 0 fully saturated rings. The number of hydrogen-bond donors (Lipinski definition) is 0. The molecular weight excluding hydrogens is 326 g/mol. The number of hydrogen-bond acceptors (Lipinski definition) is 4. The smallest absolute Gasteiger partial charge is 0.414 e. The highest BCUT2D eigenvalue weighted by Gasteiger charge is 2.29. The Morgan fingerprint density at radius 3 is 2.54 bits per heavy atom. The Morgan fingerprint density at radius 2 is 1.96 bits per heavy atom. The van der Waals surface area contributed by atoms with Crippen LogP contribution in [0.3, 0.4) is 0 Å². The number of nitrogens with zero attached hydrogens (tertiary/aromatic N) is 1. The summed E-state index contributed by atoms with van der Waals surface area (Å²) < 4.78 is 29.1. The molecule has 1 heterocycles. The molecule has 6 heteroatoms. The minimum Gasteiger partial charge on any atom is -0.443 e. The summed E-state index contributed by atoms with van der Waals surface area (Å²) in [5.74, 6) is 0.319. The largest absolute Gasteiger partial charge is 0.443 e. The van der Waals surface area contributed by atoms with E-state index in [0.717, 1.165) is 6.42 Å². The monoisotopic (exact) mass is 351 g/mol. The van der Waals surface area contributed by atoms with E-state index in [2.05, 4.69) is 6.92 Å². The van der Waals surface area contributed by atoms with Crippen molar-refractivity contribution < 1.29 is 17.9 Å². The normalized spacial score (nSPS) is 19.0. The number of sulfone groups is 1. The van der Waals surface area contributed by atoms with E-state index < -0.39 is 21.5 Å². The first-order valence-electron chi connectivity index (χ1n) is 7.98. The van der Waals surface area contributed by atoms with Gasteiger partial charge in [0.05, 0.1) is 10.6 Å². The van der Waals surface area contributed by atoms with Crippen LogP contribution in [0.5, 0.6) is 0 Å². The molecule has 1 aromatic rings. The van der Waals surface area contributed by atoms with Gasteiger partial charge in [-0.15, -0.1) is 0 Å². The van der Waals surface area contributed by atoms with Crippen LogP contribution in [0, 0.1) is 5.92 Å². The van der Waals surface area contributed by atoms with E-state index in [1.54, 1.807) is 23.1 Å². The number of carbonyl (C=O) groups excluding carboxylic acids is 1. The number of benzene rings is 1. The predicted octanol–water partition coefficient (Wildman–Crippen LogP) is 3.71. The standard InChI is InChI=1S/C18H25NO4S/c1-13-9-10-16(19(12-13)17(20)23-18(2,3)4)14-7-6-8-15(11-14)24(5,21)22/h6-8,10-11,13H,9,12H2,1-5H3. The SMILES string of the molecule is CC1CC=C(c2cccc(S(C)(=O)=O)c2)N(C(=O)OC(C)(C)C)C1. The topological polar surface area (TPSA) is 63.7 Å². The van der Waals surface area contributed by atoms with Gasteiger partial charge < -0.3 is 4.74 Å². The number of ether oxygens (including phenoxy) is 1. The first-order chi connectivity index (χ1) is 11.0. The van der Waals surface area contributed by atoms with Crippen molar-refractivity contribution in [2.45, 2.75) is 44.6 Å². The highest BCUT2D eigenvalue weighted by Crippen LogP contribution is 2.30. The van der Waals surface area contributed by atoms with Gasteiger partial charge in [-0.05, 0) is 50.8 Å². The number of amides is 1. The van der Waals surface area contributed by atoms with Gasteiger partial charge >= 0.3 is 6.09 Å². The Kier molecular flexibility index (Phi) is 5.08. The quantitative estimate of drug-likeness (QED) is 0.815. The summed E-state index contributed by atoms with van der Waals surface area (Å²) in [5.41, 5.74) is 0.820. The summed E-state index contributed by atoms with van der Waals surface area (Å²) in [7, 11) is -3.30. The van der Waals surface area contributed by atoms with E-state index in [4.69, 9.17) is 4.74 Å². The molecule has 1 atom stereocenters. The van der Waals surface area contributed by atoms with Gasteiger partial charge in [0.25, 0.3) is 0 Å². The molecule has 1 unspecified atom stereocenters. The maximum absolute atomic E-state index is 12.6. The predicted molar refractivity (Wildman–Crippen MR) is 94.2 cm³/mol. The summed E-state index contributed by atoms with van der Waals surface area (Å²) in [6.45, 7) is 8.09. The molecule has 0 aliphatic carbocycles. The Bertz CT molecular complexity index is 759. The van der Waals surface area contributed by atoms with E-state index in [9.17, 15) is 13.2 Å². The fourth-order valence-corrected chi connectivity index (χ4v) is 3.22. The molecule has 0 N–H and O–H groups in total. The maximum atomic E-state index is 12.6. The average Bonchev–Trinajstić information content (AvgIpc) is 2.44. The highest BCUT2D eigenvalue weighted by atomic mass is 32.2. The molecule has 5 nitrogen and oxygen atoms in total. The minimum atomic E-state index is -3.30. The molecule has 0 radical (unpaired) electrons. The van der Waals surface area contributed by atoms with Gasteiger partial charge in [-0.3, -0.25) is 4.90 Å². The van der Waals surface area contributed by atoms with E-state index in [-0.39, 0.29) is 4.90 Å². The molecule has 2 rings (SSSR count). The Hall–Kier alpha value is -1.82. The molecule has 1 aliphatic rings. The molecular formula is C18H25NO4S. The molecule has 24 heavy (non-hydrogen) atoms. The van der Waals surface area contributed by atoms with Crippen LogP contribution in [0.4, 0.5) is 4.79 Å². The first-order valence-corrected chi connectivity index (χ1v) is 9.88. The molecule has 0 saturated carbocycles. The Morgan fingerprint density at radius 1 is 1.29 bits per heavy atom. The van der Waals surface area contributed by atoms with Crippen molar-refractivity contribution >= 4 is 21.6 Å². The van der Waals surface area contributed by atoms with Crippen LogP contribution in [0.25, 0.3) is 5.70 Å². The zero-order valence-corrected chi connectivity index (χ0v) is 15.7. The molecule has 132 valence electrons. The number of allylic oxidation sites excluding steroid dienone is 1. The lowest BCUT2D eigenvalue weighted by Gasteiger charge is -2.34. The van der Waals surface area contributed by atoms with Crippen molar-refractivity contribution in [2.24, 2.45) is 5.92 Å². The van der Waals surface area contributed by atoms with Crippen LogP contribution < -0.4 is 0 Å². The zero-order chi connectivity index (χ0) is 18.1. The van der Waals surface area contributed by atoms with E-state index >= 15 is 0 Å². The van der Waals surface area contributed by atoms with Gasteiger partial charge in [-0.25, -0.2) is 13.2 Å². The van der Waals surface area contributed by atoms with Crippen LogP contribution in [0.2, 0.25) is 0 Å². The van der Waals surface area contributed by atoms with Gasteiger partial charge in [0, 0.05) is 12.8 Å². The lowest BCUT2D eigenvalue weighted by Crippen LogP contribution is -2.39. The highest BCUT2D eigenvalue weighted by molar-refractivity contribution is 7.90. The molecule has 0 bridgehead atoms. The van der Waals surface area contributed by atoms with Gasteiger partial charge in [-0.1, -0.05) is 25.1 Å². The summed E-state index contributed by atoms with van der Waals surface area (Å²) in [6, 6.07) is 6.67. The molecule has 1 aliphatic heterocycles. The van der Waals surface area contributed by atoms with Gasteiger partial charge in [0.15, 0.2) is 9.84 Å². The average molecular weight is 351 g/mol. The summed E-state index contributed by atoms with van der Waals surface area (Å²) >= 11 is 0. The van der Waals surface area contributed by atoms with Crippen LogP contribution in [0.1, 0.15) is 39.7 Å². The van der Waals surface area contributed by atoms with Crippen molar-refractivity contribution in [2.75, 3.05) is 12.8 Å². The van der Waals surface area contributed by atoms with Crippen molar-refractivity contribution in [1.82, 2.24) is 4.90 Å². The Balaban J connectivity index is 2.40. The van der Waals surface area contributed by atoms with Gasteiger partial charge in [0.2, 0.25) is 0 Å². The van der Waals surface area contributed by atoms with Crippen molar-refractivity contribution in [1.29, 1.82) is 0 Å². The summed E-state index contributed by atoms with van der Waals surface area (Å²) in [6.07, 6.45) is 3.57. The second-order valence-electron chi connectivity index (χ2n) is 7.32. The molecule has 1 aromatic carbocycles. The lowest BCUT2D eigenvalue weighted by atomic mass is 9.98. The molecule has 0 saturated heterocycles. The summed E-state index contributed by atoms with van der Waals surface area (Å²) in [5, 5.41) is 0. The maximum Gasteiger partial charge on any atom is 0.414 e. The second-order valence-corrected chi connectivity index (χ2v) is 9.34. The first kappa shape index (κ1) is 18.5. The lowest BCUT2D eigenvalue weighted by molar-refractivity contribution is 0.0327. The van der Waals surface area contributed by atoms with Crippen LogP contribution in [0.15, 0.2) is 35.2 Å². The van der Waals surface area contributed by atoms with Crippen LogP contribution in [-0.4, -0.2) is 37.8 Å². The molecule has 0 aromatic heterocycles. The third-order valence-electron chi connectivity index (χ3n) is 3.67. The van der Waals surface area contributed by atoms with Crippen molar-refractivity contribution in [3.05, 3.63) is 35.9 Å². The zero-order valence-electron chi connectivity index (χ0n) is 14.9. The number of rotatable bonds is 2. The third kappa shape index (κ3) is 4.60. The molecule has 1 amide bonds. The fourth-order valence-electron chi connectivity index (χ4n) is 2.56. The third-order valence-corrected chi connectivity index (χ3v) is 4.78. The summed E-state index contributed by atoms with van der Waals surface area (Å²) in [4.78, 5) is 14.4. The van der Waals surface area contributed by atoms with E-state index in [1.807, 2.05) is 32.9 Å². The number of carbonyl (C=O) groups is 1. The second kappa shape index (κ2) is 6.59. The van der Waals surface area contributed by atoms with Gasteiger partial charge in [0.1, 0.15) is 5.60 Å². The van der Waals surface area contributed by atoms with Gasteiger partial charge in [-0.2, -0.15) is 0 Å². The van der Waals surface area contributed by atoms with E-state index in [0.29, 0.717) is 23.7 Å². The fraction of sp³-hybridized carbons (Fsp3) is 0.500. The van der Waals surface area contributed by atoms with Crippen molar-refractivity contribution in [3.8, 4) is 0 Å². The van der Waals surface area contributed by atoms with E-state index in [1.165, 1.54) is 6.26 Å². The Labute approximate surface area is 144 Å². The minimum absolute atomic E-state index is 0.240. The van der Waals surface area contributed by atoms with Crippen LogP contribution in [-0.2, 0) is 14.6 Å². The molecule has 0 spiro atoms.